The summed E-state index contributed by atoms with van der Waals surface area (Å²) >= 11 is 0. The third kappa shape index (κ3) is 20.6. The molecule has 1 aliphatic carbocycles. The predicted octanol–water partition coefficient (Wildman–Crippen LogP) is 9.06. The van der Waals surface area contributed by atoms with Crippen molar-refractivity contribution < 1.29 is 18.9 Å². The zero-order chi connectivity index (χ0) is 33.4. The second-order valence-electron chi connectivity index (χ2n) is 9.61. The normalized spacial score (nSPS) is 15.2. The molecule has 2 aromatic rings. The van der Waals surface area contributed by atoms with Crippen molar-refractivity contribution in [3.05, 3.63) is 96.8 Å². The first-order valence-corrected chi connectivity index (χ1v) is 17.2. The van der Waals surface area contributed by atoms with Gasteiger partial charge >= 0.3 is 0 Å². The molecule has 1 saturated heterocycles. The maximum atomic E-state index is 5.83. The van der Waals surface area contributed by atoms with Gasteiger partial charge in [-0.25, -0.2) is 0 Å². The highest BCUT2D eigenvalue weighted by molar-refractivity contribution is 5.46. The van der Waals surface area contributed by atoms with Gasteiger partial charge in [0.2, 0.25) is 0 Å². The minimum absolute atomic E-state index is 0.352. The van der Waals surface area contributed by atoms with Gasteiger partial charge in [0.05, 0.1) is 33.0 Å². The molecule has 1 atom stereocenters. The van der Waals surface area contributed by atoms with E-state index in [1.165, 1.54) is 5.69 Å². The van der Waals surface area contributed by atoms with Crippen molar-refractivity contribution in [1.29, 1.82) is 0 Å². The fraction of sp³-hybridized carbons (Fsp3) is 0.538. The minimum Gasteiger partial charge on any atom is -0.497 e. The maximum Gasteiger partial charge on any atom is 0.119 e. The molecule has 0 N–H and O–H groups in total. The summed E-state index contributed by atoms with van der Waals surface area (Å²) in [5.41, 5.74) is 1.33. The highest BCUT2D eigenvalue weighted by Crippen LogP contribution is 2.17. The van der Waals surface area contributed by atoms with Gasteiger partial charge in [0.1, 0.15) is 11.5 Å². The van der Waals surface area contributed by atoms with Crippen molar-refractivity contribution >= 4 is 5.69 Å². The fourth-order valence-electron chi connectivity index (χ4n) is 4.28. The summed E-state index contributed by atoms with van der Waals surface area (Å²) in [5, 5.41) is 0. The average molecular weight is 625 g/mol. The van der Waals surface area contributed by atoms with Crippen LogP contribution in [0.3, 0.4) is 0 Å². The molecule has 2 aliphatic rings. The first-order valence-electron chi connectivity index (χ1n) is 17.2. The topological polar surface area (TPSA) is 43.4 Å². The SMILES string of the molecule is CC.CC.CC.CC1C=CC=CC=C1OCCCCOc1ccccc1.COCCOCCN1CCN(c2ccccc2)CC1. The zero-order valence-corrected chi connectivity index (χ0v) is 29.8. The molecule has 1 heterocycles. The van der Waals surface area contributed by atoms with Crippen LogP contribution in [-0.2, 0) is 14.2 Å². The number of anilines is 1. The molecule has 0 spiro atoms. The second kappa shape index (κ2) is 30.9. The summed E-state index contributed by atoms with van der Waals surface area (Å²) in [6, 6.07) is 20.6. The number of unbranched alkanes of at least 4 members (excludes halogenated alkanes) is 1. The third-order valence-corrected chi connectivity index (χ3v) is 6.63. The van der Waals surface area contributed by atoms with E-state index in [-0.39, 0.29) is 0 Å². The first kappa shape index (κ1) is 41.9. The molecule has 6 nitrogen and oxygen atoms in total. The highest BCUT2D eigenvalue weighted by Gasteiger charge is 2.16. The Morgan fingerprint density at radius 3 is 1.87 bits per heavy atom. The molecular weight excluding hydrogens is 560 g/mol. The molecule has 6 heteroatoms. The summed E-state index contributed by atoms with van der Waals surface area (Å²) in [7, 11) is 1.70. The molecule has 0 saturated carbocycles. The van der Waals surface area contributed by atoms with Crippen molar-refractivity contribution in [2.24, 2.45) is 5.92 Å². The number of rotatable bonds is 14. The number of hydrogen-bond donors (Lipinski definition) is 0. The lowest BCUT2D eigenvalue weighted by Gasteiger charge is -2.36. The van der Waals surface area contributed by atoms with E-state index < -0.39 is 0 Å². The quantitative estimate of drug-likeness (QED) is 0.195. The van der Waals surface area contributed by atoms with Gasteiger partial charge in [0, 0.05) is 51.4 Å². The lowest BCUT2D eigenvalue weighted by molar-refractivity contribution is 0.0563. The Morgan fingerprint density at radius 1 is 0.644 bits per heavy atom. The lowest BCUT2D eigenvalue weighted by atomic mass is 10.1. The third-order valence-electron chi connectivity index (χ3n) is 6.63. The van der Waals surface area contributed by atoms with Crippen molar-refractivity contribution in [3.8, 4) is 5.75 Å². The summed E-state index contributed by atoms with van der Waals surface area (Å²) in [4.78, 5) is 4.91. The van der Waals surface area contributed by atoms with E-state index in [0.717, 1.165) is 76.9 Å². The number of ether oxygens (including phenoxy) is 4. The highest BCUT2D eigenvalue weighted by atomic mass is 16.5. The van der Waals surface area contributed by atoms with Gasteiger partial charge in [0.25, 0.3) is 0 Å². The van der Waals surface area contributed by atoms with Crippen LogP contribution in [-0.4, -0.2) is 77.8 Å². The van der Waals surface area contributed by atoms with Crippen molar-refractivity contribution in [3.63, 3.8) is 0 Å². The van der Waals surface area contributed by atoms with Crippen LogP contribution < -0.4 is 9.64 Å². The van der Waals surface area contributed by atoms with Crippen LogP contribution >= 0.6 is 0 Å². The molecule has 254 valence electrons. The molecule has 4 rings (SSSR count). The summed E-state index contributed by atoms with van der Waals surface area (Å²) < 4.78 is 21.9. The molecule has 1 fully saturated rings. The Bertz CT molecular complexity index is 971. The number of methoxy groups -OCH3 is 1. The number of benzene rings is 2. The van der Waals surface area contributed by atoms with Crippen molar-refractivity contribution in [2.75, 3.05) is 77.8 Å². The molecule has 0 aromatic heterocycles. The van der Waals surface area contributed by atoms with Crippen molar-refractivity contribution in [1.82, 2.24) is 4.90 Å². The summed E-state index contributed by atoms with van der Waals surface area (Å²) in [6.45, 7) is 23.3. The number of para-hydroxylation sites is 2. The van der Waals surface area contributed by atoms with E-state index >= 15 is 0 Å². The van der Waals surface area contributed by atoms with Gasteiger partial charge in [-0.2, -0.15) is 0 Å². The van der Waals surface area contributed by atoms with E-state index in [1.54, 1.807) is 7.11 Å². The average Bonchev–Trinajstić information content (AvgIpc) is 3.33. The molecule has 0 radical (unpaired) electrons. The van der Waals surface area contributed by atoms with E-state index in [0.29, 0.717) is 19.1 Å². The van der Waals surface area contributed by atoms with Crippen LogP contribution in [0.1, 0.15) is 61.3 Å². The molecular formula is C39H64N2O4. The van der Waals surface area contributed by atoms with E-state index in [4.69, 9.17) is 18.9 Å². The number of nitrogens with zero attached hydrogens (tertiary/aromatic N) is 2. The Labute approximate surface area is 276 Å². The Hall–Kier alpha value is -3.06. The number of piperazine rings is 1. The van der Waals surface area contributed by atoms with E-state index in [2.05, 4.69) is 59.2 Å². The van der Waals surface area contributed by atoms with Gasteiger partial charge < -0.3 is 23.8 Å². The standard InChI is InChI=1S/C18H22O2.C15H24N2O2.3C2H6/c1-16-10-4-2-7-13-18(16)20-15-9-8-14-19-17-11-5-3-6-12-17;1-18-13-14-19-12-11-16-7-9-17(10-8-16)15-5-3-2-4-6-15;3*1-2/h2-7,10-13,16H,8-9,14-15H2,1H3;2-6H,7-14H2,1H3;3*1-2H3. The van der Waals surface area contributed by atoms with Gasteiger partial charge in [-0.15, -0.1) is 0 Å². The zero-order valence-electron chi connectivity index (χ0n) is 29.8. The molecule has 1 aliphatic heterocycles. The van der Waals surface area contributed by atoms with Gasteiger partial charge in [-0.1, -0.05) is 109 Å². The minimum atomic E-state index is 0.352. The maximum absolute atomic E-state index is 5.83. The van der Waals surface area contributed by atoms with Crippen LogP contribution in [0.2, 0.25) is 0 Å². The largest absolute Gasteiger partial charge is 0.497 e. The van der Waals surface area contributed by atoms with E-state index in [9.17, 15) is 0 Å². The van der Waals surface area contributed by atoms with Gasteiger partial charge in [-0.3, -0.25) is 4.90 Å². The first-order chi connectivity index (χ1) is 22.3. The summed E-state index contributed by atoms with van der Waals surface area (Å²) in [5.74, 6) is 2.33. The van der Waals surface area contributed by atoms with Gasteiger partial charge in [-0.05, 0) is 43.2 Å². The monoisotopic (exact) mass is 624 g/mol. The molecule has 0 amide bonds. The molecule has 2 aromatic carbocycles. The lowest BCUT2D eigenvalue weighted by Crippen LogP contribution is -2.47. The molecule has 0 bridgehead atoms. The Morgan fingerprint density at radius 2 is 1.24 bits per heavy atom. The number of hydrogen-bond acceptors (Lipinski definition) is 6. The molecule has 1 unspecified atom stereocenters. The fourth-order valence-corrected chi connectivity index (χ4v) is 4.28. The predicted molar refractivity (Wildman–Crippen MR) is 194 cm³/mol. The van der Waals surface area contributed by atoms with Crippen LogP contribution in [0.5, 0.6) is 5.75 Å². The molecule has 45 heavy (non-hydrogen) atoms. The van der Waals surface area contributed by atoms with Gasteiger partial charge in [0.15, 0.2) is 0 Å². The van der Waals surface area contributed by atoms with Crippen LogP contribution in [0, 0.1) is 5.92 Å². The Balaban J connectivity index is 0.000000739. The smallest absolute Gasteiger partial charge is 0.119 e. The summed E-state index contributed by atoms with van der Waals surface area (Å²) in [6.07, 6.45) is 12.3. The second-order valence-corrected chi connectivity index (χ2v) is 9.61. The van der Waals surface area contributed by atoms with E-state index in [1.807, 2.05) is 90.1 Å². The number of allylic oxidation sites excluding steroid dienone is 5. The van der Waals surface area contributed by atoms with Crippen molar-refractivity contribution in [2.45, 2.75) is 61.3 Å². The van der Waals surface area contributed by atoms with Crippen LogP contribution in [0.4, 0.5) is 5.69 Å². The Kier molecular flexibility index (Phi) is 28.8. The van der Waals surface area contributed by atoms with Crippen LogP contribution in [0.25, 0.3) is 0 Å². The van der Waals surface area contributed by atoms with Crippen LogP contribution in [0.15, 0.2) is 96.8 Å².